The number of thiophene rings is 1. The molecule has 2 rings (SSSR count). The fraction of sp³-hybridized carbons (Fsp3) is 0.200. The zero-order valence-electron chi connectivity index (χ0n) is 7.03. The standard InChI is InChI=1S/C10H12S2/c1-2-9-5-7-12(8-9)10-4-3-6-11-10/h3-8,12H,2H2,1H3. The van der Waals surface area contributed by atoms with Crippen LogP contribution in [0.4, 0.5) is 0 Å². The number of hydrogen-bond donors (Lipinski definition) is 1. The zero-order valence-corrected chi connectivity index (χ0v) is 8.74. The molecule has 0 spiro atoms. The van der Waals surface area contributed by atoms with E-state index < -0.39 is 0 Å². The van der Waals surface area contributed by atoms with E-state index in [-0.39, 0.29) is 10.9 Å². The highest BCUT2D eigenvalue weighted by molar-refractivity contribution is 8.23. The molecular weight excluding hydrogens is 184 g/mol. The summed E-state index contributed by atoms with van der Waals surface area (Å²) in [7, 11) is -0.0724. The summed E-state index contributed by atoms with van der Waals surface area (Å²) in [6, 6.07) is 4.36. The van der Waals surface area contributed by atoms with Crippen molar-refractivity contribution < 1.29 is 0 Å². The van der Waals surface area contributed by atoms with Crippen LogP contribution in [0.5, 0.6) is 0 Å². The van der Waals surface area contributed by atoms with E-state index in [0.717, 1.165) is 0 Å². The molecular formula is C10H12S2. The van der Waals surface area contributed by atoms with Gasteiger partial charge in [-0.2, -0.15) is 10.9 Å². The molecule has 1 unspecified atom stereocenters. The van der Waals surface area contributed by atoms with Gasteiger partial charge < -0.3 is 0 Å². The maximum Gasteiger partial charge on any atom is 0.0473 e. The van der Waals surface area contributed by atoms with Crippen LogP contribution in [0.15, 0.2) is 44.2 Å². The van der Waals surface area contributed by atoms with Gasteiger partial charge in [0.15, 0.2) is 0 Å². The highest BCUT2D eigenvalue weighted by Gasteiger charge is 2.06. The van der Waals surface area contributed by atoms with Crippen molar-refractivity contribution in [3.8, 4) is 0 Å². The van der Waals surface area contributed by atoms with Gasteiger partial charge >= 0.3 is 0 Å². The average molecular weight is 196 g/mol. The molecule has 1 atom stereocenters. The number of rotatable bonds is 2. The van der Waals surface area contributed by atoms with Gasteiger partial charge in [0.05, 0.1) is 0 Å². The van der Waals surface area contributed by atoms with Crippen molar-refractivity contribution in [1.29, 1.82) is 0 Å². The maximum atomic E-state index is 2.42. The fourth-order valence-electron chi connectivity index (χ4n) is 1.20. The van der Waals surface area contributed by atoms with Crippen LogP contribution in [0.2, 0.25) is 0 Å². The first-order valence-electron chi connectivity index (χ1n) is 4.11. The highest BCUT2D eigenvalue weighted by Crippen LogP contribution is 2.46. The number of allylic oxidation sites excluding steroid dienone is 2. The first-order valence-corrected chi connectivity index (χ1v) is 6.47. The van der Waals surface area contributed by atoms with E-state index in [2.05, 4.69) is 41.3 Å². The molecule has 2 heteroatoms. The van der Waals surface area contributed by atoms with Crippen molar-refractivity contribution in [2.75, 3.05) is 0 Å². The molecule has 12 heavy (non-hydrogen) atoms. The predicted molar refractivity (Wildman–Crippen MR) is 59.1 cm³/mol. The quantitative estimate of drug-likeness (QED) is 0.681. The van der Waals surface area contributed by atoms with Crippen LogP contribution in [-0.4, -0.2) is 0 Å². The first-order chi connectivity index (χ1) is 5.90. The van der Waals surface area contributed by atoms with E-state index in [1.807, 2.05) is 11.3 Å². The largest absolute Gasteiger partial charge is 0.177 e. The molecule has 1 aromatic rings. The van der Waals surface area contributed by atoms with E-state index in [0.29, 0.717) is 0 Å². The lowest BCUT2D eigenvalue weighted by Gasteiger charge is -2.05. The lowest BCUT2D eigenvalue weighted by molar-refractivity contribution is 1.16. The minimum absolute atomic E-state index is 0.0724. The van der Waals surface area contributed by atoms with Crippen LogP contribution in [0, 0.1) is 0 Å². The molecule has 0 aromatic carbocycles. The van der Waals surface area contributed by atoms with Crippen LogP contribution in [0.3, 0.4) is 0 Å². The lowest BCUT2D eigenvalue weighted by atomic mass is 10.2. The molecule has 1 aliphatic heterocycles. The van der Waals surface area contributed by atoms with Crippen LogP contribution in [-0.2, 0) is 0 Å². The van der Waals surface area contributed by atoms with E-state index in [9.17, 15) is 0 Å². The zero-order chi connectivity index (χ0) is 8.39. The topological polar surface area (TPSA) is 0 Å². The van der Waals surface area contributed by atoms with Crippen molar-refractivity contribution >= 4 is 22.2 Å². The summed E-state index contributed by atoms with van der Waals surface area (Å²) in [5.41, 5.74) is 1.49. The SMILES string of the molecule is CCC1=C[SH](c2cccs2)C=C1. The Balaban J connectivity index is 2.20. The molecule has 64 valence electrons. The molecule has 0 radical (unpaired) electrons. The van der Waals surface area contributed by atoms with Gasteiger partial charge in [-0.25, -0.2) is 0 Å². The normalized spacial score (nSPS) is 24.4. The Morgan fingerprint density at radius 3 is 3.00 bits per heavy atom. The summed E-state index contributed by atoms with van der Waals surface area (Å²) in [5.74, 6) is 0. The second-order valence-corrected chi connectivity index (χ2v) is 5.83. The van der Waals surface area contributed by atoms with Crippen molar-refractivity contribution in [3.05, 3.63) is 40.0 Å². The van der Waals surface area contributed by atoms with E-state index in [4.69, 9.17) is 0 Å². The summed E-state index contributed by atoms with van der Waals surface area (Å²) >= 11 is 1.87. The molecule has 2 heterocycles. The highest BCUT2D eigenvalue weighted by atomic mass is 32.2. The van der Waals surface area contributed by atoms with Gasteiger partial charge in [0, 0.05) is 4.21 Å². The molecule has 1 aromatic heterocycles. The Kier molecular flexibility index (Phi) is 2.38. The molecule has 0 saturated carbocycles. The minimum atomic E-state index is -0.0724. The van der Waals surface area contributed by atoms with Crippen LogP contribution < -0.4 is 0 Å². The molecule has 0 N–H and O–H groups in total. The monoisotopic (exact) mass is 196 g/mol. The fourth-order valence-corrected chi connectivity index (χ4v) is 4.26. The third-order valence-corrected chi connectivity index (χ3v) is 5.28. The number of thiol groups is 1. The van der Waals surface area contributed by atoms with Crippen molar-refractivity contribution in [2.45, 2.75) is 17.6 Å². The van der Waals surface area contributed by atoms with Gasteiger partial charge in [0.1, 0.15) is 0 Å². The molecule has 0 aliphatic carbocycles. The maximum absolute atomic E-state index is 2.42. The second-order valence-electron chi connectivity index (χ2n) is 2.73. The lowest BCUT2D eigenvalue weighted by Crippen LogP contribution is -1.66. The molecule has 0 saturated heterocycles. The van der Waals surface area contributed by atoms with Crippen LogP contribution in [0.25, 0.3) is 0 Å². The second kappa shape index (κ2) is 3.50. The van der Waals surface area contributed by atoms with Gasteiger partial charge in [-0.05, 0) is 34.3 Å². The summed E-state index contributed by atoms with van der Waals surface area (Å²) in [6.07, 6.45) is 3.44. The first kappa shape index (κ1) is 8.14. The van der Waals surface area contributed by atoms with E-state index in [1.165, 1.54) is 16.2 Å². The summed E-state index contributed by atoms with van der Waals surface area (Å²) in [6.45, 7) is 2.21. The molecule has 0 bridgehead atoms. The Bertz CT molecular complexity index is 307. The Hall–Kier alpha value is -0.470. The van der Waals surface area contributed by atoms with Gasteiger partial charge in [0.25, 0.3) is 0 Å². The van der Waals surface area contributed by atoms with Gasteiger partial charge in [0.2, 0.25) is 0 Å². The third kappa shape index (κ3) is 1.50. The molecule has 1 aliphatic rings. The van der Waals surface area contributed by atoms with E-state index >= 15 is 0 Å². The Morgan fingerprint density at radius 1 is 1.50 bits per heavy atom. The Morgan fingerprint density at radius 2 is 2.42 bits per heavy atom. The van der Waals surface area contributed by atoms with Gasteiger partial charge in [-0.1, -0.05) is 19.1 Å². The molecule has 0 nitrogen and oxygen atoms in total. The summed E-state index contributed by atoms with van der Waals surface area (Å²) in [5, 5.41) is 6.92. The average Bonchev–Trinajstić information content (AvgIpc) is 2.75. The van der Waals surface area contributed by atoms with Crippen molar-refractivity contribution in [1.82, 2.24) is 0 Å². The minimum Gasteiger partial charge on any atom is -0.177 e. The predicted octanol–water partition coefficient (Wildman–Crippen LogP) is 3.93. The van der Waals surface area contributed by atoms with Gasteiger partial charge in [-0.15, -0.1) is 11.3 Å². The third-order valence-electron chi connectivity index (χ3n) is 1.92. The summed E-state index contributed by atoms with van der Waals surface area (Å²) < 4.78 is 1.52. The van der Waals surface area contributed by atoms with Crippen LogP contribution >= 0.6 is 22.2 Å². The van der Waals surface area contributed by atoms with Crippen molar-refractivity contribution in [3.63, 3.8) is 0 Å². The summed E-state index contributed by atoms with van der Waals surface area (Å²) in [4.78, 5) is 0. The van der Waals surface area contributed by atoms with E-state index in [1.54, 1.807) is 0 Å². The molecule has 0 amide bonds. The Labute approximate surface area is 80.0 Å². The molecule has 0 fully saturated rings. The number of hydrogen-bond acceptors (Lipinski definition) is 1. The smallest absolute Gasteiger partial charge is 0.0473 e. The van der Waals surface area contributed by atoms with Gasteiger partial charge in [-0.3, -0.25) is 0 Å². The van der Waals surface area contributed by atoms with Crippen molar-refractivity contribution in [2.24, 2.45) is 0 Å². The van der Waals surface area contributed by atoms with Crippen LogP contribution in [0.1, 0.15) is 13.3 Å².